The molecule has 6 heteroatoms. The van der Waals surface area contributed by atoms with E-state index in [4.69, 9.17) is 4.74 Å². The fourth-order valence-electron chi connectivity index (χ4n) is 3.85. The highest BCUT2D eigenvalue weighted by molar-refractivity contribution is 6.00. The fraction of sp³-hybridized carbons (Fsp3) is 0.571. The van der Waals surface area contributed by atoms with Crippen molar-refractivity contribution in [1.82, 2.24) is 10.2 Å². The average molecular weight is 372 g/mol. The Morgan fingerprint density at radius 3 is 2.37 bits per heavy atom. The van der Waals surface area contributed by atoms with Crippen molar-refractivity contribution in [3.05, 3.63) is 35.9 Å². The van der Waals surface area contributed by atoms with Crippen LogP contribution in [0.4, 0.5) is 4.79 Å². The van der Waals surface area contributed by atoms with E-state index < -0.39 is 12.1 Å². The number of imide groups is 1. The van der Waals surface area contributed by atoms with E-state index in [-0.39, 0.29) is 30.9 Å². The van der Waals surface area contributed by atoms with Crippen LogP contribution in [-0.2, 0) is 20.9 Å². The molecule has 0 unspecified atom stereocenters. The lowest BCUT2D eigenvalue weighted by atomic mass is 9.96. The Hall–Kier alpha value is -2.37. The summed E-state index contributed by atoms with van der Waals surface area (Å²) >= 11 is 0. The van der Waals surface area contributed by atoms with Crippen LogP contribution in [0, 0.1) is 0 Å². The number of nitrogens with zero attached hydrogens (tertiary/aromatic N) is 1. The van der Waals surface area contributed by atoms with Crippen LogP contribution in [0.3, 0.4) is 0 Å². The molecule has 1 aliphatic heterocycles. The Bertz CT molecular complexity index is 653. The second kappa shape index (κ2) is 9.53. The largest absolute Gasteiger partial charge is 0.444 e. The summed E-state index contributed by atoms with van der Waals surface area (Å²) in [4.78, 5) is 38.4. The molecular formula is C21H28N2O4. The number of nitrogens with one attached hydrogen (secondary N) is 1. The van der Waals surface area contributed by atoms with Gasteiger partial charge in [-0.3, -0.25) is 9.59 Å². The van der Waals surface area contributed by atoms with Gasteiger partial charge >= 0.3 is 6.09 Å². The van der Waals surface area contributed by atoms with Crippen molar-refractivity contribution in [1.29, 1.82) is 0 Å². The topological polar surface area (TPSA) is 75.7 Å². The maximum absolute atomic E-state index is 12.7. The molecule has 3 rings (SSSR count). The van der Waals surface area contributed by atoms with Crippen LogP contribution in [0.1, 0.15) is 63.4 Å². The van der Waals surface area contributed by atoms with E-state index in [1.807, 2.05) is 30.3 Å². The summed E-state index contributed by atoms with van der Waals surface area (Å²) in [6, 6.07) is 8.66. The van der Waals surface area contributed by atoms with E-state index in [2.05, 4.69) is 5.32 Å². The highest BCUT2D eigenvalue weighted by Gasteiger charge is 2.41. The van der Waals surface area contributed by atoms with Gasteiger partial charge in [-0.2, -0.15) is 0 Å². The molecule has 0 radical (unpaired) electrons. The van der Waals surface area contributed by atoms with Crippen LogP contribution < -0.4 is 5.32 Å². The van der Waals surface area contributed by atoms with Crippen molar-refractivity contribution < 1.29 is 19.1 Å². The predicted molar refractivity (Wildman–Crippen MR) is 101 cm³/mol. The van der Waals surface area contributed by atoms with Crippen LogP contribution in [0.25, 0.3) is 0 Å². The van der Waals surface area contributed by atoms with Gasteiger partial charge in [0.1, 0.15) is 12.6 Å². The molecule has 1 atom stereocenters. The molecule has 1 aromatic rings. The molecule has 1 aliphatic carbocycles. The smallest absolute Gasteiger partial charge is 0.417 e. The predicted octanol–water partition coefficient (Wildman–Crippen LogP) is 3.54. The Balaban J connectivity index is 1.57. The molecule has 1 saturated carbocycles. The molecule has 1 aromatic carbocycles. The maximum atomic E-state index is 12.7. The standard InChI is InChI=1S/C21H28N2O4/c24-19-14-13-18(20(25)22-17-11-7-2-1-3-8-12-17)23(19)21(26)27-15-16-9-5-4-6-10-16/h4-6,9-10,17-18H,1-3,7-8,11-15H2,(H,22,25)/t18-/m0/s1. The molecule has 0 aromatic heterocycles. The second-order valence-electron chi connectivity index (χ2n) is 7.41. The molecular weight excluding hydrogens is 344 g/mol. The number of amides is 3. The zero-order valence-electron chi connectivity index (χ0n) is 15.7. The first kappa shape index (κ1) is 19.4. The van der Waals surface area contributed by atoms with Crippen LogP contribution in [0.2, 0.25) is 0 Å². The summed E-state index contributed by atoms with van der Waals surface area (Å²) in [6.07, 6.45) is 7.63. The summed E-state index contributed by atoms with van der Waals surface area (Å²) in [5.41, 5.74) is 0.841. The molecule has 6 nitrogen and oxygen atoms in total. The van der Waals surface area contributed by atoms with E-state index in [1.54, 1.807) is 0 Å². The zero-order valence-corrected chi connectivity index (χ0v) is 15.7. The normalized spacial score (nSPS) is 21.4. The van der Waals surface area contributed by atoms with Gasteiger partial charge in [-0.25, -0.2) is 9.69 Å². The molecule has 146 valence electrons. The van der Waals surface area contributed by atoms with Gasteiger partial charge in [0.25, 0.3) is 0 Å². The Kier molecular flexibility index (Phi) is 6.85. The molecule has 1 saturated heterocycles. The SMILES string of the molecule is O=C(NC1CCCCCCC1)[C@@H]1CCC(=O)N1C(=O)OCc1ccccc1. The lowest BCUT2D eigenvalue weighted by molar-refractivity contribution is -0.134. The van der Waals surface area contributed by atoms with Crippen molar-refractivity contribution in [3.8, 4) is 0 Å². The monoisotopic (exact) mass is 372 g/mol. The van der Waals surface area contributed by atoms with E-state index >= 15 is 0 Å². The van der Waals surface area contributed by atoms with Crippen molar-refractivity contribution >= 4 is 17.9 Å². The van der Waals surface area contributed by atoms with Crippen LogP contribution >= 0.6 is 0 Å². The van der Waals surface area contributed by atoms with E-state index in [1.165, 1.54) is 19.3 Å². The van der Waals surface area contributed by atoms with Gasteiger partial charge in [0.05, 0.1) is 0 Å². The molecule has 2 aliphatic rings. The van der Waals surface area contributed by atoms with Crippen molar-refractivity contribution in [2.75, 3.05) is 0 Å². The maximum Gasteiger partial charge on any atom is 0.417 e. The van der Waals surface area contributed by atoms with Gasteiger partial charge in [0.15, 0.2) is 0 Å². The first-order chi connectivity index (χ1) is 13.1. The molecule has 0 spiro atoms. The number of ether oxygens (including phenoxy) is 1. The minimum Gasteiger partial charge on any atom is -0.444 e. The highest BCUT2D eigenvalue weighted by Crippen LogP contribution is 2.22. The van der Waals surface area contributed by atoms with E-state index in [0.29, 0.717) is 6.42 Å². The number of likely N-dealkylation sites (tertiary alicyclic amines) is 1. The third-order valence-electron chi connectivity index (χ3n) is 5.37. The van der Waals surface area contributed by atoms with Gasteiger partial charge < -0.3 is 10.1 Å². The number of rotatable bonds is 4. The third-order valence-corrected chi connectivity index (χ3v) is 5.37. The Labute approximate surface area is 160 Å². The molecule has 1 heterocycles. The Morgan fingerprint density at radius 1 is 1.00 bits per heavy atom. The first-order valence-electron chi connectivity index (χ1n) is 9.98. The van der Waals surface area contributed by atoms with Gasteiger partial charge in [0.2, 0.25) is 11.8 Å². The third kappa shape index (κ3) is 5.31. The number of carbonyl (C=O) groups is 3. The van der Waals surface area contributed by atoms with Crippen molar-refractivity contribution in [2.45, 2.75) is 76.5 Å². The molecule has 3 amide bonds. The Morgan fingerprint density at radius 2 is 1.67 bits per heavy atom. The first-order valence-corrected chi connectivity index (χ1v) is 9.98. The van der Waals surface area contributed by atoms with Gasteiger partial charge in [-0.15, -0.1) is 0 Å². The van der Waals surface area contributed by atoms with E-state index in [0.717, 1.165) is 36.1 Å². The molecule has 1 N–H and O–H groups in total. The fourth-order valence-corrected chi connectivity index (χ4v) is 3.85. The average Bonchev–Trinajstić information content (AvgIpc) is 3.04. The van der Waals surface area contributed by atoms with Crippen LogP contribution in [0.15, 0.2) is 30.3 Å². The van der Waals surface area contributed by atoms with Crippen LogP contribution in [-0.4, -0.2) is 34.9 Å². The zero-order chi connectivity index (χ0) is 19.1. The van der Waals surface area contributed by atoms with Gasteiger partial charge in [0, 0.05) is 12.5 Å². The van der Waals surface area contributed by atoms with E-state index in [9.17, 15) is 14.4 Å². The molecule has 2 fully saturated rings. The minimum absolute atomic E-state index is 0.0837. The summed E-state index contributed by atoms with van der Waals surface area (Å²) < 4.78 is 5.28. The number of carbonyl (C=O) groups excluding carboxylic acids is 3. The van der Waals surface area contributed by atoms with Crippen molar-refractivity contribution in [2.24, 2.45) is 0 Å². The second-order valence-corrected chi connectivity index (χ2v) is 7.41. The number of hydrogen-bond donors (Lipinski definition) is 1. The number of benzene rings is 1. The van der Waals surface area contributed by atoms with Gasteiger partial charge in [-0.1, -0.05) is 62.4 Å². The summed E-state index contributed by atoms with van der Waals surface area (Å²) in [7, 11) is 0. The molecule has 0 bridgehead atoms. The minimum atomic E-state index is -0.758. The molecule has 27 heavy (non-hydrogen) atoms. The lowest BCUT2D eigenvalue weighted by Crippen LogP contribution is -2.50. The quantitative estimate of drug-likeness (QED) is 0.877. The van der Waals surface area contributed by atoms with Gasteiger partial charge in [-0.05, 0) is 24.8 Å². The van der Waals surface area contributed by atoms with Crippen LogP contribution in [0.5, 0.6) is 0 Å². The number of hydrogen-bond acceptors (Lipinski definition) is 4. The highest BCUT2D eigenvalue weighted by atomic mass is 16.6. The summed E-state index contributed by atoms with van der Waals surface area (Å²) in [6.45, 7) is 0.0837. The van der Waals surface area contributed by atoms with Crippen molar-refractivity contribution in [3.63, 3.8) is 0 Å². The summed E-state index contributed by atoms with van der Waals surface area (Å²) in [5, 5.41) is 3.07. The summed E-state index contributed by atoms with van der Waals surface area (Å²) in [5.74, 6) is -0.575. The lowest BCUT2D eigenvalue weighted by Gasteiger charge is -2.26.